The lowest BCUT2D eigenvalue weighted by atomic mass is 10.1. The second-order valence-corrected chi connectivity index (χ2v) is 5.58. The summed E-state index contributed by atoms with van der Waals surface area (Å²) in [4.78, 5) is 15.5. The molecular weight excluding hydrogens is 307 g/mol. The van der Waals surface area contributed by atoms with Crippen molar-refractivity contribution in [3.63, 3.8) is 0 Å². The van der Waals surface area contributed by atoms with Gasteiger partial charge in [0.05, 0.1) is 17.0 Å². The minimum absolute atomic E-state index is 0.0755. The van der Waals surface area contributed by atoms with E-state index in [0.717, 1.165) is 11.1 Å². The second kappa shape index (κ2) is 5.63. The largest absolute Gasteiger partial charge is 0.417 e. The summed E-state index contributed by atoms with van der Waals surface area (Å²) >= 11 is 5.81. The van der Waals surface area contributed by atoms with E-state index in [1.54, 1.807) is 0 Å². The lowest BCUT2D eigenvalue weighted by Gasteiger charge is -2.14. The Morgan fingerprint density at radius 3 is 2.62 bits per heavy atom. The van der Waals surface area contributed by atoms with Crippen LogP contribution in [0.15, 0.2) is 17.4 Å². The summed E-state index contributed by atoms with van der Waals surface area (Å²) in [6.45, 7) is 3.97. The molecule has 0 saturated heterocycles. The van der Waals surface area contributed by atoms with Gasteiger partial charge in [-0.1, -0.05) is 25.4 Å². The molecular formula is C13H13ClF3N3O. The highest BCUT2D eigenvalue weighted by molar-refractivity contribution is 6.33. The van der Waals surface area contributed by atoms with Gasteiger partial charge in [0.25, 0.3) is 5.91 Å². The SMILES string of the molecule is CC(C)CC1=NN(c2ncc(C(F)(F)F)cc2Cl)C(=O)C1. The molecule has 1 aromatic rings. The van der Waals surface area contributed by atoms with E-state index in [2.05, 4.69) is 10.1 Å². The number of carbonyl (C=O) groups excluding carboxylic acids is 1. The third kappa shape index (κ3) is 3.53. The maximum Gasteiger partial charge on any atom is 0.417 e. The molecule has 114 valence electrons. The zero-order valence-electron chi connectivity index (χ0n) is 11.4. The van der Waals surface area contributed by atoms with Crippen LogP contribution >= 0.6 is 11.6 Å². The van der Waals surface area contributed by atoms with E-state index >= 15 is 0 Å². The van der Waals surface area contributed by atoms with Gasteiger partial charge in [-0.3, -0.25) is 4.79 Å². The highest BCUT2D eigenvalue weighted by Gasteiger charge is 2.33. The molecule has 8 heteroatoms. The van der Waals surface area contributed by atoms with Crippen LogP contribution in [0.1, 0.15) is 32.3 Å². The first-order chi connectivity index (χ1) is 9.68. The van der Waals surface area contributed by atoms with Gasteiger partial charge in [0.15, 0.2) is 5.82 Å². The second-order valence-electron chi connectivity index (χ2n) is 5.17. The Labute approximate surface area is 124 Å². The number of hydrogen-bond donors (Lipinski definition) is 0. The van der Waals surface area contributed by atoms with Gasteiger partial charge in [-0.15, -0.1) is 0 Å². The summed E-state index contributed by atoms with van der Waals surface area (Å²) in [6.07, 6.45) is -3.11. The van der Waals surface area contributed by atoms with Crippen molar-refractivity contribution < 1.29 is 18.0 Å². The van der Waals surface area contributed by atoms with Gasteiger partial charge < -0.3 is 0 Å². The van der Waals surface area contributed by atoms with Crippen molar-refractivity contribution in [3.8, 4) is 0 Å². The zero-order valence-corrected chi connectivity index (χ0v) is 12.2. The summed E-state index contributed by atoms with van der Waals surface area (Å²) in [5, 5.41) is 4.82. The summed E-state index contributed by atoms with van der Waals surface area (Å²) < 4.78 is 37.7. The first-order valence-corrected chi connectivity index (χ1v) is 6.68. The number of pyridine rings is 1. The van der Waals surface area contributed by atoms with E-state index < -0.39 is 11.7 Å². The molecule has 0 unspecified atom stereocenters. The predicted octanol–water partition coefficient (Wildman–Crippen LogP) is 3.89. The van der Waals surface area contributed by atoms with Crippen LogP contribution in [0.3, 0.4) is 0 Å². The van der Waals surface area contributed by atoms with Crippen LogP contribution in [0.4, 0.5) is 19.0 Å². The van der Waals surface area contributed by atoms with Crippen LogP contribution in [-0.4, -0.2) is 16.6 Å². The van der Waals surface area contributed by atoms with Crippen LogP contribution in [0.5, 0.6) is 0 Å². The van der Waals surface area contributed by atoms with Gasteiger partial charge in [0.1, 0.15) is 0 Å². The monoisotopic (exact) mass is 319 g/mol. The molecule has 21 heavy (non-hydrogen) atoms. The van der Waals surface area contributed by atoms with Crippen molar-refractivity contribution in [2.24, 2.45) is 11.0 Å². The number of anilines is 1. The first-order valence-electron chi connectivity index (χ1n) is 6.30. The molecule has 2 heterocycles. The third-order valence-electron chi connectivity index (χ3n) is 2.83. The minimum atomic E-state index is -4.53. The molecule has 0 bridgehead atoms. The molecule has 0 aliphatic carbocycles. The van der Waals surface area contributed by atoms with E-state index in [1.165, 1.54) is 0 Å². The highest BCUT2D eigenvalue weighted by atomic mass is 35.5. The number of alkyl halides is 3. The normalized spacial score (nSPS) is 15.9. The van der Waals surface area contributed by atoms with Crippen LogP contribution in [-0.2, 0) is 11.0 Å². The molecule has 0 aromatic carbocycles. The Kier molecular flexibility index (Phi) is 4.22. The van der Waals surface area contributed by atoms with Crippen molar-refractivity contribution in [2.45, 2.75) is 32.9 Å². The maximum absolute atomic E-state index is 12.6. The number of amides is 1. The summed E-state index contributed by atoms with van der Waals surface area (Å²) in [5.41, 5.74) is -0.290. The van der Waals surface area contributed by atoms with Crippen molar-refractivity contribution in [3.05, 3.63) is 22.8 Å². The standard InChI is InChI=1S/C13H13ClF3N3O/c1-7(2)3-9-5-11(21)20(19-9)12-10(14)4-8(6-18-12)13(15,16)17/h4,6-7H,3,5H2,1-2H3. The number of hydrazone groups is 1. The number of rotatable bonds is 3. The summed E-state index contributed by atoms with van der Waals surface area (Å²) in [6, 6.07) is 0.743. The van der Waals surface area contributed by atoms with E-state index in [4.69, 9.17) is 11.6 Å². The fourth-order valence-electron chi connectivity index (χ4n) is 1.97. The molecule has 0 N–H and O–H groups in total. The smallest absolute Gasteiger partial charge is 0.272 e. The Balaban J connectivity index is 2.30. The molecule has 1 aliphatic heterocycles. The average molecular weight is 320 g/mol. The average Bonchev–Trinajstić information content (AvgIpc) is 2.67. The molecule has 1 aromatic heterocycles. The lowest BCUT2D eigenvalue weighted by molar-refractivity contribution is -0.137. The molecule has 4 nitrogen and oxygen atoms in total. The molecule has 2 rings (SSSR count). The fraction of sp³-hybridized carbons (Fsp3) is 0.462. The van der Waals surface area contributed by atoms with Gasteiger partial charge in [-0.05, 0) is 18.4 Å². The van der Waals surface area contributed by atoms with E-state index in [9.17, 15) is 18.0 Å². The van der Waals surface area contributed by atoms with Gasteiger partial charge >= 0.3 is 6.18 Å². The Bertz CT molecular complexity index is 599. The fourth-order valence-corrected chi connectivity index (χ4v) is 2.22. The Morgan fingerprint density at radius 2 is 2.10 bits per heavy atom. The van der Waals surface area contributed by atoms with Gasteiger partial charge in [0, 0.05) is 11.9 Å². The van der Waals surface area contributed by atoms with Crippen molar-refractivity contribution in [2.75, 3.05) is 5.01 Å². The zero-order chi connectivity index (χ0) is 15.8. The minimum Gasteiger partial charge on any atom is -0.272 e. The Hall–Kier alpha value is -1.63. The molecule has 1 amide bonds. The molecule has 0 saturated carbocycles. The van der Waals surface area contributed by atoms with Crippen LogP contribution in [0.25, 0.3) is 0 Å². The molecule has 0 radical (unpaired) electrons. The third-order valence-corrected chi connectivity index (χ3v) is 3.10. The highest BCUT2D eigenvalue weighted by Crippen LogP contribution is 2.34. The number of halogens is 4. The number of nitrogens with zero attached hydrogens (tertiary/aromatic N) is 3. The van der Waals surface area contributed by atoms with Gasteiger partial charge in [-0.25, -0.2) is 4.98 Å². The quantitative estimate of drug-likeness (QED) is 0.848. The van der Waals surface area contributed by atoms with Crippen molar-refractivity contribution in [1.29, 1.82) is 0 Å². The molecule has 0 atom stereocenters. The molecule has 0 spiro atoms. The lowest BCUT2D eigenvalue weighted by Crippen LogP contribution is -2.21. The van der Waals surface area contributed by atoms with E-state index in [0.29, 0.717) is 24.2 Å². The first kappa shape index (κ1) is 15.8. The molecule has 1 aliphatic rings. The van der Waals surface area contributed by atoms with Crippen molar-refractivity contribution >= 4 is 29.0 Å². The number of aromatic nitrogens is 1. The van der Waals surface area contributed by atoms with Crippen LogP contribution in [0.2, 0.25) is 5.02 Å². The number of hydrogen-bond acceptors (Lipinski definition) is 3. The Morgan fingerprint density at radius 1 is 1.43 bits per heavy atom. The van der Waals surface area contributed by atoms with E-state index in [-0.39, 0.29) is 23.2 Å². The number of carbonyl (C=O) groups is 1. The van der Waals surface area contributed by atoms with Gasteiger partial charge in [-0.2, -0.15) is 23.3 Å². The van der Waals surface area contributed by atoms with E-state index in [1.807, 2.05) is 13.8 Å². The maximum atomic E-state index is 12.6. The van der Waals surface area contributed by atoms with Crippen molar-refractivity contribution in [1.82, 2.24) is 4.98 Å². The van der Waals surface area contributed by atoms with Crippen LogP contribution < -0.4 is 5.01 Å². The van der Waals surface area contributed by atoms with Gasteiger partial charge in [0.2, 0.25) is 0 Å². The molecule has 0 fully saturated rings. The topological polar surface area (TPSA) is 45.6 Å². The summed E-state index contributed by atoms with van der Waals surface area (Å²) in [7, 11) is 0. The van der Waals surface area contributed by atoms with Crippen LogP contribution in [0, 0.1) is 5.92 Å². The summed E-state index contributed by atoms with van der Waals surface area (Å²) in [5.74, 6) is -0.0965. The predicted molar refractivity (Wildman–Crippen MR) is 73.2 cm³/mol.